The molecule has 1 N–H and O–H groups in total. The number of nitrogens with one attached hydrogen (secondary N) is 1. The van der Waals surface area contributed by atoms with Crippen molar-refractivity contribution in [3.63, 3.8) is 0 Å². The molecule has 5 heteroatoms. The van der Waals surface area contributed by atoms with E-state index in [1.54, 1.807) is 13.4 Å². The van der Waals surface area contributed by atoms with Gasteiger partial charge in [0.15, 0.2) is 0 Å². The lowest BCUT2D eigenvalue weighted by atomic mass is 10.1. The number of hydrogen-bond acceptors (Lipinski definition) is 4. The minimum atomic E-state index is -0.284. The number of nitrogens with zero attached hydrogens (tertiary/aromatic N) is 1. The van der Waals surface area contributed by atoms with Gasteiger partial charge in [-0.25, -0.2) is 9.37 Å². The third-order valence-electron chi connectivity index (χ3n) is 2.63. The number of aryl methyl sites for hydroxylation is 1. The predicted octanol–water partition coefficient (Wildman–Crippen LogP) is 2.53. The van der Waals surface area contributed by atoms with Gasteiger partial charge >= 0.3 is 0 Å². The zero-order valence-electron chi connectivity index (χ0n) is 11.1. The monoisotopic (exact) mass is 264 g/mol. The first-order chi connectivity index (χ1) is 9.19. The van der Waals surface area contributed by atoms with E-state index in [-0.39, 0.29) is 5.82 Å². The second kappa shape index (κ2) is 6.45. The average molecular weight is 264 g/mol. The zero-order chi connectivity index (χ0) is 13.7. The zero-order valence-corrected chi connectivity index (χ0v) is 11.1. The van der Waals surface area contributed by atoms with Crippen LogP contribution in [0.2, 0.25) is 0 Å². The molecule has 0 atom stereocenters. The van der Waals surface area contributed by atoms with Gasteiger partial charge in [-0.15, -0.1) is 0 Å². The number of methoxy groups -OCH3 is 1. The Kier molecular flexibility index (Phi) is 4.65. The molecule has 0 saturated heterocycles. The van der Waals surface area contributed by atoms with Crippen LogP contribution in [0.1, 0.15) is 11.3 Å². The molecule has 1 heterocycles. The first kappa shape index (κ1) is 13.7. The van der Waals surface area contributed by atoms with Crippen molar-refractivity contribution in [3.05, 3.63) is 41.5 Å². The lowest BCUT2D eigenvalue weighted by Gasteiger charge is -2.00. The number of ether oxygens (including phenoxy) is 1. The maximum atomic E-state index is 13.3. The number of hydrogen-bond donors (Lipinski definition) is 1. The molecule has 0 radical (unpaired) electrons. The molecule has 1 aromatic heterocycles. The van der Waals surface area contributed by atoms with Gasteiger partial charge in [-0.2, -0.15) is 0 Å². The molecular weight excluding hydrogens is 247 g/mol. The molecule has 0 aliphatic rings. The van der Waals surface area contributed by atoms with Crippen molar-refractivity contribution in [2.45, 2.75) is 13.5 Å². The van der Waals surface area contributed by atoms with E-state index in [2.05, 4.69) is 10.3 Å². The quantitative estimate of drug-likeness (QED) is 0.814. The second-order valence-corrected chi connectivity index (χ2v) is 4.33. The van der Waals surface area contributed by atoms with Gasteiger partial charge in [0.2, 0.25) is 5.89 Å². The van der Waals surface area contributed by atoms with Crippen molar-refractivity contribution < 1.29 is 13.5 Å². The third kappa shape index (κ3) is 3.87. The van der Waals surface area contributed by atoms with Gasteiger partial charge in [0, 0.05) is 25.8 Å². The first-order valence-electron chi connectivity index (χ1n) is 6.10. The number of halogens is 1. The summed E-state index contributed by atoms with van der Waals surface area (Å²) in [5.74, 6) is 0.152. The molecule has 0 spiro atoms. The van der Waals surface area contributed by atoms with E-state index in [4.69, 9.17) is 9.15 Å². The molecular formula is C14H17FN2O2. The van der Waals surface area contributed by atoms with Gasteiger partial charge in [-0.3, -0.25) is 0 Å². The Morgan fingerprint density at radius 2 is 2.21 bits per heavy atom. The lowest BCUT2D eigenvalue weighted by Crippen LogP contribution is -2.18. The van der Waals surface area contributed by atoms with E-state index < -0.39 is 0 Å². The molecule has 19 heavy (non-hydrogen) atoms. The minimum absolute atomic E-state index is 0.284. The SMILES string of the molecule is COCCNCc1coc(-c2cc(C)cc(F)c2)n1. The van der Waals surface area contributed by atoms with E-state index in [9.17, 15) is 4.39 Å². The lowest BCUT2D eigenvalue weighted by molar-refractivity contribution is 0.199. The molecule has 0 unspecified atom stereocenters. The molecule has 102 valence electrons. The summed E-state index contributed by atoms with van der Waals surface area (Å²) in [5.41, 5.74) is 2.28. The summed E-state index contributed by atoms with van der Waals surface area (Å²) < 4.78 is 23.6. The van der Waals surface area contributed by atoms with Gasteiger partial charge in [0.05, 0.1) is 12.3 Å². The summed E-state index contributed by atoms with van der Waals surface area (Å²) in [6.07, 6.45) is 1.58. The van der Waals surface area contributed by atoms with Crippen LogP contribution < -0.4 is 5.32 Å². The standard InChI is InChI=1S/C14H17FN2O2/c1-10-5-11(7-12(15)6-10)14-17-13(9-19-14)8-16-3-4-18-2/h5-7,9,16H,3-4,8H2,1-2H3. The summed E-state index contributed by atoms with van der Waals surface area (Å²) in [4.78, 5) is 4.32. The highest BCUT2D eigenvalue weighted by atomic mass is 19.1. The van der Waals surface area contributed by atoms with Crippen molar-refractivity contribution in [1.29, 1.82) is 0 Å². The Morgan fingerprint density at radius 1 is 1.37 bits per heavy atom. The molecule has 0 saturated carbocycles. The highest BCUT2D eigenvalue weighted by molar-refractivity contribution is 5.54. The van der Waals surface area contributed by atoms with Gasteiger partial charge in [0.1, 0.15) is 12.1 Å². The number of aromatic nitrogens is 1. The van der Waals surface area contributed by atoms with Crippen molar-refractivity contribution >= 4 is 0 Å². The van der Waals surface area contributed by atoms with Crippen LogP contribution in [0.5, 0.6) is 0 Å². The summed E-state index contributed by atoms with van der Waals surface area (Å²) in [5, 5.41) is 3.17. The maximum absolute atomic E-state index is 13.3. The third-order valence-corrected chi connectivity index (χ3v) is 2.63. The largest absolute Gasteiger partial charge is 0.444 e. The highest BCUT2D eigenvalue weighted by Crippen LogP contribution is 2.21. The van der Waals surface area contributed by atoms with Crippen LogP contribution in [0.3, 0.4) is 0 Å². The fraction of sp³-hybridized carbons (Fsp3) is 0.357. The molecule has 2 aromatic rings. The van der Waals surface area contributed by atoms with Crippen LogP contribution in [0.25, 0.3) is 11.5 Å². The van der Waals surface area contributed by atoms with Crippen LogP contribution in [-0.2, 0) is 11.3 Å². The van der Waals surface area contributed by atoms with E-state index in [0.717, 1.165) is 17.8 Å². The molecule has 0 aliphatic carbocycles. The minimum Gasteiger partial charge on any atom is -0.444 e. The second-order valence-electron chi connectivity index (χ2n) is 4.33. The van der Waals surface area contributed by atoms with Gasteiger partial charge in [-0.05, 0) is 30.7 Å². The molecule has 0 fully saturated rings. The molecule has 2 rings (SSSR count). The van der Waals surface area contributed by atoms with E-state index in [0.29, 0.717) is 24.6 Å². The van der Waals surface area contributed by atoms with E-state index in [1.165, 1.54) is 12.1 Å². The highest BCUT2D eigenvalue weighted by Gasteiger charge is 2.08. The molecule has 0 bridgehead atoms. The molecule has 0 amide bonds. The Morgan fingerprint density at radius 3 is 2.95 bits per heavy atom. The topological polar surface area (TPSA) is 47.3 Å². The number of benzene rings is 1. The van der Waals surface area contributed by atoms with Crippen molar-refractivity contribution in [3.8, 4) is 11.5 Å². The summed E-state index contributed by atoms with van der Waals surface area (Å²) in [7, 11) is 1.65. The molecule has 4 nitrogen and oxygen atoms in total. The maximum Gasteiger partial charge on any atom is 0.226 e. The van der Waals surface area contributed by atoms with E-state index in [1.807, 2.05) is 13.0 Å². The van der Waals surface area contributed by atoms with Crippen LogP contribution >= 0.6 is 0 Å². The normalized spacial score (nSPS) is 10.9. The van der Waals surface area contributed by atoms with Gasteiger partial charge in [0.25, 0.3) is 0 Å². The average Bonchev–Trinajstić information content (AvgIpc) is 2.82. The van der Waals surface area contributed by atoms with Crippen molar-refractivity contribution in [2.24, 2.45) is 0 Å². The Labute approximate surface area is 111 Å². The Balaban J connectivity index is 2.03. The predicted molar refractivity (Wildman–Crippen MR) is 70.2 cm³/mol. The summed E-state index contributed by atoms with van der Waals surface area (Å²) in [6.45, 7) is 3.83. The number of rotatable bonds is 6. The smallest absolute Gasteiger partial charge is 0.226 e. The van der Waals surface area contributed by atoms with Gasteiger partial charge in [-0.1, -0.05) is 0 Å². The fourth-order valence-corrected chi connectivity index (χ4v) is 1.77. The van der Waals surface area contributed by atoms with Crippen molar-refractivity contribution in [1.82, 2.24) is 10.3 Å². The summed E-state index contributed by atoms with van der Waals surface area (Å²) in [6, 6.07) is 4.73. The fourth-order valence-electron chi connectivity index (χ4n) is 1.77. The van der Waals surface area contributed by atoms with Crippen LogP contribution in [-0.4, -0.2) is 25.2 Å². The van der Waals surface area contributed by atoms with Crippen LogP contribution in [0.4, 0.5) is 4.39 Å². The summed E-state index contributed by atoms with van der Waals surface area (Å²) >= 11 is 0. The van der Waals surface area contributed by atoms with Crippen molar-refractivity contribution in [2.75, 3.05) is 20.3 Å². The van der Waals surface area contributed by atoms with Crippen LogP contribution in [0.15, 0.2) is 28.9 Å². The van der Waals surface area contributed by atoms with Crippen LogP contribution in [0, 0.1) is 12.7 Å². The molecule has 1 aromatic carbocycles. The first-order valence-corrected chi connectivity index (χ1v) is 6.10. The van der Waals surface area contributed by atoms with Gasteiger partial charge < -0.3 is 14.5 Å². The Bertz CT molecular complexity index is 520. The number of oxazole rings is 1. The Hall–Kier alpha value is -1.72. The molecule has 0 aliphatic heterocycles. The van der Waals surface area contributed by atoms with E-state index >= 15 is 0 Å².